The molecule has 0 radical (unpaired) electrons. The molecule has 2 nitrogen and oxygen atoms in total. The van der Waals surface area contributed by atoms with Gasteiger partial charge in [-0.3, -0.25) is 0 Å². The third-order valence-electron chi connectivity index (χ3n) is 15.2. The van der Waals surface area contributed by atoms with E-state index < -0.39 is 0 Å². The lowest BCUT2D eigenvalue weighted by Gasteiger charge is -2.17. The van der Waals surface area contributed by atoms with Crippen LogP contribution in [0, 0.1) is 13.8 Å². The van der Waals surface area contributed by atoms with Gasteiger partial charge in [-0.05, 0) is 164 Å². The largest absolute Gasteiger partial charge is 0.385 e. The monoisotopic (exact) mass is 872 g/mol. The van der Waals surface area contributed by atoms with Crippen molar-refractivity contribution in [3.63, 3.8) is 0 Å². The molecule has 0 saturated heterocycles. The minimum absolute atomic E-state index is 0.0135. The van der Waals surface area contributed by atoms with Gasteiger partial charge in [0.1, 0.15) is 0 Å². The lowest BCUT2D eigenvalue weighted by atomic mass is 9.87. The van der Waals surface area contributed by atoms with Crippen LogP contribution in [0.25, 0.3) is 131 Å². The van der Waals surface area contributed by atoms with Gasteiger partial charge in [-0.2, -0.15) is 0 Å². The first-order valence-electron chi connectivity index (χ1n) is 24.5. The number of aryl methyl sites for hydroxylation is 2. The molecule has 0 saturated carbocycles. The van der Waals surface area contributed by atoms with Crippen molar-refractivity contribution in [2.75, 3.05) is 11.9 Å². The molecule has 0 aliphatic rings. The Morgan fingerprint density at radius 1 is 0.368 bits per heavy atom. The van der Waals surface area contributed by atoms with Gasteiger partial charge in [0.05, 0.1) is 0 Å². The normalized spacial score (nSPS) is 12.6. The van der Waals surface area contributed by atoms with Crippen LogP contribution < -0.4 is 11.1 Å². The second-order valence-corrected chi connectivity index (χ2v) is 19.2. The Hall–Kier alpha value is -7.78. The highest BCUT2D eigenvalue weighted by Crippen LogP contribution is 2.57. The molecule has 13 aromatic carbocycles. The maximum Gasteiger partial charge on any atom is 0.0420 e. The molecule has 1 unspecified atom stereocenters. The van der Waals surface area contributed by atoms with E-state index in [9.17, 15) is 0 Å². The summed E-state index contributed by atoms with van der Waals surface area (Å²) in [5.74, 6) is 0. The fourth-order valence-corrected chi connectivity index (χ4v) is 12.0. The second-order valence-electron chi connectivity index (χ2n) is 19.2. The number of nitrogens with one attached hydrogen (secondary N) is 1. The van der Waals surface area contributed by atoms with Gasteiger partial charge in [0.25, 0.3) is 0 Å². The maximum absolute atomic E-state index is 6.74. The summed E-state index contributed by atoms with van der Waals surface area (Å²) in [6.07, 6.45) is 1.97. The smallest absolute Gasteiger partial charge is 0.0420 e. The molecular formula is C66H52N2. The molecule has 13 rings (SSSR count). The summed E-state index contributed by atoms with van der Waals surface area (Å²) >= 11 is 0. The van der Waals surface area contributed by atoms with Gasteiger partial charge in [-0.1, -0.05) is 201 Å². The van der Waals surface area contributed by atoms with Crippen LogP contribution in [0.15, 0.2) is 182 Å². The highest BCUT2D eigenvalue weighted by molar-refractivity contribution is 6.47. The highest BCUT2D eigenvalue weighted by Gasteiger charge is 2.29. The van der Waals surface area contributed by atoms with Crippen molar-refractivity contribution in [2.45, 2.75) is 46.6 Å². The van der Waals surface area contributed by atoms with E-state index >= 15 is 0 Å². The quantitative estimate of drug-likeness (QED) is 0.152. The van der Waals surface area contributed by atoms with Crippen LogP contribution in [0.2, 0.25) is 0 Å². The number of hydrogen-bond donors (Lipinski definition) is 2. The van der Waals surface area contributed by atoms with Gasteiger partial charge >= 0.3 is 0 Å². The summed E-state index contributed by atoms with van der Waals surface area (Å²) in [6, 6.07) is 69.2. The SMILES string of the molecule is CCCNc1ccc(-c2ccc3c4c(-c5ccc(C)cc5)c5c6ccc(-c7ccc(C(N)CC)c8ccccc78)c7cccc(c5c(-c5ccc(C)cc5)c4c4cccc2c43)c76)c2ccccc12. The summed E-state index contributed by atoms with van der Waals surface area (Å²) < 4.78 is 0. The van der Waals surface area contributed by atoms with Gasteiger partial charge in [0.15, 0.2) is 0 Å². The molecule has 0 bridgehead atoms. The predicted octanol–water partition coefficient (Wildman–Crippen LogP) is 18.3. The number of rotatable bonds is 9. The standard InChI is InChI=1S/C66H52N2/c1-5-37-68-58-36-35-46(44-15-9-10-16-50(44)58)48-31-34-56-62-52(48)18-12-20-54(62)64-59(40-25-21-38(3)22-26-40)63-53-19-11-17-51-47(45-29-32-49(57(67)6-2)43-14-8-7-13-42(43)45)30-33-55(61(51)53)65(63)60(66(56)64)41-27-23-39(4)24-28-41/h7-36,57,68H,5-6,37,67H2,1-4H3. The van der Waals surface area contributed by atoms with Crippen LogP contribution in [0.3, 0.4) is 0 Å². The summed E-state index contributed by atoms with van der Waals surface area (Å²) in [5, 5.41) is 24.4. The summed E-state index contributed by atoms with van der Waals surface area (Å²) in [4.78, 5) is 0. The van der Waals surface area contributed by atoms with Crippen molar-refractivity contribution < 1.29 is 0 Å². The first kappa shape index (κ1) is 40.5. The van der Waals surface area contributed by atoms with Crippen LogP contribution in [-0.4, -0.2) is 6.54 Å². The average Bonchev–Trinajstić information content (AvgIpc) is 3.90. The van der Waals surface area contributed by atoms with E-state index in [4.69, 9.17) is 5.73 Å². The van der Waals surface area contributed by atoms with Gasteiger partial charge in [0, 0.05) is 23.7 Å². The van der Waals surface area contributed by atoms with Crippen molar-refractivity contribution in [3.8, 4) is 44.5 Å². The zero-order valence-corrected chi connectivity index (χ0v) is 39.1. The number of benzene rings is 11. The van der Waals surface area contributed by atoms with Crippen molar-refractivity contribution in [3.05, 3.63) is 199 Å². The summed E-state index contributed by atoms with van der Waals surface area (Å²) in [5.41, 5.74) is 21.7. The molecule has 0 heterocycles. The molecule has 0 aliphatic carbocycles. The van der Waals surface area contributed by atoms with Crippen LogP contribution in [0.5, 0.6) is 0 Å². The van der Waals surface area contributed by atoms with Crippen LogP contribution >= 0.6 is 0 Å². The van der Waals surface area contributed by atoms with E-state index in [2.05, 4.69) is 215 Å². The summed E-state index contributed by atoms with van der Waals surface area (Å²) in [7, 11) is 0. The summed E-state index contributed by atoms with van der Waals surface area (Å²) in [6.45, 7) is 9.72. The highest BCUT2D eigenvalue weighted by atomic mass is 14.9. The Bertz CT molecular complexity index is 4020. The predicted molar refractivity (Wildman–Crippen MR) is 296 cm³/mol. The van der Waals surface area contributed by atoms with E-state index in [1.807, 2.05) is 0 Å². The maximum atomic E-state index is 6.74. The van der Waals surface area contributed by atoms with Crippen molar-refractivity contribution >= 4 is 91.9 Å². The third-order valence-corrected chi connectivity index (χ3v) is 15.2. The number of fused-ring (bicyclic) bond motifs is 8. The van der Waals surface area contributed by atoms with Crippen LogP contribution in [0.4, 0.5) is 5.69 Å². The third kappa shape index (κ3) is 5.87. The molecule has 68 heavy (non-hydrogen) atoms. The Morgan fingerprint density at radius 3 is 1.26 bits per heavy atom. The Labute approximate surface area is 397 Å². The fraction of sp³-hybridized carbons (Fsp3) is 0.121. The molecular weight excluding hydrogens is 821 g/mol. The molecule has 2 heteroatoms. The van der Waals surface area contributed by atoms with Gasteiger partial charge in [0.2, 0.25) is 0 Å². The Morgan fingerprint density at radius 2 is 0.765 bits per heavy atom. The van der Waals surface area contributed by atoms with Crippen LogP contribution in [-0.2, 0) is 0 Å². The van der Waals surface area contributed by atoms with Crippen molar-refractivity contribution in [2.24, 2.45) is 5.73 Å². The zero-order chi connectivity index (χ0) is 45.8. The minimum Gasteiger partial charge on any atom is -0.385 e. The molecule has 326 valence electrons. The minimum atomic E-state index is -0.0135. The molecule has 3 N–H and O–H groups in total. The lowest BCUT2D eigenvalue weighted by molar-refractivity contribution is 0.704. The van der Waals surface area contributed by atoms with E-state index in [-0.39, 0.29) is 6.04 Å². The van der Waals surface area contributed by atoms with Crippen molar-refractivity contribution in [1.82, 2.24) is 0 Å². The molecule has 0 amide bonds. The fourth-order valence-electron chi connectivity index (χ4n) is 12.0. The molecule has 0 fully saturated rings. The molecule has 0 aromatic heterocycles. The van der Waals surface area contributed by atoms with Crippen molar-refractivity contribution in [1.29, 1.82) is 0 Å². The first-order chi connectivity index (χ1) is 33.4. The zero-order valence-electron chi connectivity index (χ0n) is 39.1. The number of anilines is 1. The van der Waals surface area contributed by atoms with Gasteiger partial charge in [-0.15, -0.1) is 0 Å². The molecule has 13 aromatic rings. The number of nitrogens with two attached hydrogens (primary N) is 1. The Balaban J connectivity index is 1.19. The van der Waals surface area contributed by atoms with Crippen LogP contribution in [0.1, 0.15) is 49.4 Å². The van der Waals surface area contributed by atoms with E-state index in [1.165, 1.54) is 153 Å². The molecule has 0 spiro atoms. The van der Waals surface area contributed by atoms with E-state index in [0.29, 0.717) is 0 Å². The Kier molecular flexibility index (Phi) is 9.32. The van der Waals surface area contributed by atoms with E-state index in [0.717, 1.165) is 19.4 Å². The molecule has 0 aliphatic heterocycles. The van der Waals surface area contributed by atoms with Gasteiger partial charge in [-0.25, -0.2) is 0 Å². The van der Waals surface area contributed by atoms with Gasteiger partial charge < -0.3 is 11.1 Å². The average molecular weight is 873 g/mol. The van der Waals surface area contributed by atoms with E-state index in [1.54, 1.807) is 0 Å². The topological polar surface area (TPSA) is 38.0 Å². The lowest BCUT2D eigenvalue weighted by Crippen LogP contribution is -2.09. The number of hydrogen-bond acceptors (Lipinski definition) is 2. The first-order valence-corrected chi connectivity index (χ1v) is 24.5. The molecule has 1 atom stereocenters. The second kappa shape index (κ2) is 15.7.